The largest absolute Gasteiger partial charge is 0.352 e. The smallest absolute Gasteiger partial charge is 0.252 e. The molecule has 2 heterocycles. The van der Waals surface area contributed by atoms with Crippen molar-refractivity contribution in [3.8, 4) is 0 Å². The number of hydrogen-bond donors (Lipinski definition) is 2. The summed E-state index contributed by atoms with van der Waals surface area (Å²) in [5.74, 6) is -0.188. The summed E-state index contributed by atoms with van der Waals surface area (Å²) in [4.78, 5) is 28.0. The van der Waals surface area contributed by atoms with Crippen LogP contribution in [0, 0.1) is 0 Å². The van der Waals surface area contributed by atoms with Crippen molar-refractivity contribution in [3.05, 3.63) is 58.9 Å². The molecule has 24 heavy (non-hydrogen) atoms. The number of anilines is 1. The third-order valence-electron chi connectivity index (χ3n) is 3.52. The van der Waals surface area contributed by atoms with Gasteiger partial charge in [0, 0.05) is 29.3 Å². The normalized spacial score (nSPS) is 10.5. The van der Waals surface area contributed by atoms with E-state index in [4.69, 9.17) is 0 Å². The Labute approximate surface area is 143 Å². The number of nitrogens with zero attached hydrogens (tertiary/aromatic N) is 1. The highest BCUT2D eigenvalue weighted by Gasteiger charge is 2.06. The average molecular weight is 339 g/mol. The maximum Gasteiger partial charge on any atom is 0.252 e. The molecule has 6 heteroatoms. The minimum absolute atomic E-state index is 0.0862. The molecule has 122 valence electrons. The zero-order chi connectivity index (χ0) is 16.8. The summed E-state index contributed by atoms with van der Waals surface area (Å²) in [5, 5.41) is 10.3. The molecule has 2 aromatic heterocycles. The first-order valence-electron chi connectivity index (χ1n) is 7.67. The lowest BCUT2D eigenvalue weighted by atomic mass is 10.2. The predicted octanol–water partition coefficient (Wildman–Crippen LogP) is 3.45. The molecular weight excluding hydrogens is 322 g/mol. The molecule has 0 fully saturated rings. The van der Waals surface area contributed by atoms with E-state index in [-0.39, 0.29) is 11.8 Å². The van der Waals surface area contributed by atoms with Crippen LogP contribution in [0.2, 0.25) is 0 Å². The molecule has 5 nitrogen and oxygen atoms in total. The number of pyridine rings is 1. The molecule has 0 aliphatic heterocycles. The molecule has 0 saturated carbocycles. The number of carbonyl (C=O) groups excluding carboxylic acids is 2. The SMILES string of the molecule is O=C(CCCNC(=O)c1ccsc1)Nc1cnc2ccccc2c1. The summed E-state index contributed by atoms with van der Waals surface area (Å²) >= 11 is 1.48. The molecule has 0 spiro atoms. The molecule has 3 aromatic rings. The highest BCUT2D eigenvalue weighted by Crippen LogP contribution is 2.16. The molecule has 3 rings (SSSR count). The zero-order valence-corrected chi connectivity index (χ0v) is 13.8. The lowest BCUT2D eigenvalue weighted by Crippen LogP contribution is -2.25. The van der Waals surface area contributed by atoms with Gasteiger partial charge >= 0.3 is 0 Å². The van der Waals surface area contributed by atoms with Crippen LogP contribution in [0.5, 0.6) is 0 Å². The number of amides is 2. The molecule has 0 atom stereocenters. The van der Waals surface area contributed by atoms with Crippen LogP contribution in [0.15, 0.2) is 53.4 Å². The number of fused-ring (bicyclic) bond motifs is 1. The summed E-state index contributed by atoms with van der Waals surface area (Å²) in [6, 6.07) is 11.4. The van der Waals surface area contributed by atoms with E-state index in [1.54, 1.807) is 17.6 Å². The lowest BCUT2D eigenvalue weighted by Gasteiger charge is -2.07. The maximum absolute atomic E-state index is 12.0. The van der Waals surface area contributed by atoms with Crippen LogP contribution in [0.25, 0.3) is 10.9 Å². The van der Waals surface area contributed by atoms with Gasteiger partial charge in [-0.15, -0.1) is 0 Å². The van der Waals surface area contributed by atoms with Crippen molar-refractivity contribution >= 4 is 39.7 Å². The Morgan fingerprint density at radius 1 is 1.17 bits per heavy atom. The Hall–Kier alpha value is -2.73. The van der Waals surface area contributed by atoms with Crippen LogP contribution in [0.3, 0.4) is 0 Å². The maximum atomic E-state index is 12.0. The summed E-state index contributed by atoms with van der Waals surface area (Å²) in [6.07, 6.45) is 2.58. The van der Waals surface area contributed by atoms with Crippen molar-refractivity contribution in [2.24, 2.45) is 0 Å². The second kappa shape index (κ2) is 7.70. The standard InChI is InChI=1S/C18H17N3O2S/c22-17(6-3-8-19-18(23)14-7-9-24-12-14)21-15-10-13-4-1-2-5-16(13)20-11-15/h1-2,4-5,7,9-12H,3,6,8H2,(H,19,23)(H,21,22). The van der Waals surface area contributed by atoms with E-state index in [0.717, 1.165) is 10.9 Å². The summed E-state index contributed by atoms with van der Waals surface area (Å²) < 4.78 is 0. The van der Waals surface area contributed by atoms with Crippen LogP contribution in [0.1, 0.15) is 23.2 Å². The molecule has 0 unspecified atom stereocenters. The summed E-state index contributed by atoms with van der Waals surface area (Å²) in [6.45, 7) is 0.470. The first kappa shape index (κ1) is 16.1. The molecule has 2 amide bonds. The van der Waals surface area contributed by atoms with Crippen molar-refractivity contribution < 1.29 is 9.59 Å². The lowest BCUT2D eigenvalue weighted by molar-refractivity contribution is -0.116. The molecule has 0 radical (unpaired) electrons. The fourth-order valence-corrected chi connectivity index (χ4v) is 2.95. The summed E-state index contributed by atoms with van der Waals surface area (Å²) in [7, 11) is 0. The molecule has 0 aliphatic rings. The quantitative estimate of drug-likeness (QED) is 0.676. The van der Waals surface area contributed by atoms with Gasteiger partial charge in [-0.2, -0.15) is 11.3 Å². The third-order valence-corrected chi connectivity index (χ3v) is 4.21. The van der Waals surface area contributed by atoms with Gasteiger partial charge in [-0.1, -0.05) is 18.2 Å². The molecule has 1 aromatic carbocycles. The first-order valence-corrected chi connectivity index (χ1v) is 8.62. The van der Waals surface area contributed by atoms with Gasteiger partial charge in [-0.05, 0) is 30.0 Å². The van der Waals surface area contributed by atoms with E-state index in [9.17, 15) is 9.59 Å². The van der Waals surface area contributed by atoms with Gasteiger partial charge < -0.3 is 10.6 Å². The van der Waals surface area contributed by atoms with Gasteiger partial charge in [0.25, 0.3) is 5.91 Å². The first-order chi connectivity index (χ1) is 11.7. The van der Waals surface area contributed by atoms with E-state index in [1.807, 2.05) is 35.7 Å². The average Bonchev–Trinajstić information content (AvgIpc) is 3.13. The highest BCUT2D eigenvalue weighted by atomic mass is 32.1. The van der Waals surface area contributed by atoms with Crippen molar-refractivity contribution in [2.75, 3.05) is 11.9 Å². The van der Waals surface area contributed by atoms with Gasteiger partial charge in [0.2, 0.25) is 5.91 Å². The van der Waals surface area contributed by atoms with Crippen molar-refractivity contribution in [1.29, 1.82) is 0 Å². The Morgan fingerprint density at radius 3 is 2.88 bits per heavy atom. The second-order valence-corrected chi connectivity index (χ2v) is 6.12. The fraction of sp³-hybridized carbons (Fsp3) is 0.167. The zero-order valence-electron chi connectivity index (χ0n) is 13.0. The molecular formula is C18H17N3O2S. The van der Waals surface area contributed by atoms with Crippen LogP contribution in [0.4, 0.5) is 5.69 Å². The molecule has 0 bridgehead atoms. The van der Waals surface area contributed by atoms with E-state index in [2.05, 4.69) is 15.6 Å². The number of nitrogens with one attached hydrogen (secondary N) is 2. The topological polar surface area (TPSA) is 71.1 Å². The van der Waals surface area contributed by atoms with Crippen molar-refractivity contribution in [3.63, 3.8) is 0 Å². The van der Waals surface area contributed by atoms with Crippen LogP contribution in [-0.2, 0) is 4.79 Å². The van der Waals surface area contributed by atoms with Gasteiger partial charge in [-0.3, -0.25) is 14.6 Å². The third kappa shape index (κ3) is 4.17. The minimum Gasteiger partial charge on any atom is -0.352 e. The molecule has 0 aliphatic carbocycles. The number of carbonyl (C=O) groups is 2. The van der Waals surface area contributed by atoms with Gasteiger partial charge in [-0.25, -0.2) is 0 Å². The van der Waals surface area contributed by atoms with E-state index in [0.29, 0.717) is 30.6 Å². The molecule has 0 saturated heterocycles. The highest BCUT2D eigenvalue weighted by molar-refractivity contribution is 7.08. The van der Waals surface area contributed by atoms with Crippen LogP contribution < -0.4 is 10.6 Å². The second-order valence-electron chi connectivity index (χ2n) is 5.34. The number of hydrogen-bond acceptors (Lipinski definition) is 4. The fourth-order valence-electron chi connectivity index (χ4n) is 2.31. The Balaban J connectivity index is 1.44. The number of aromatic nitrogens is 1. The van der Waals surface area contributed by atoms with Gasteiger partial charge in [0.15, 0.2) is 0 Å². The van der Waals surface area contributed by atoms with Crippen LogP contribution >= 0.6 is 11.3 Å². The van der Waals surface area contributed by atoms with Gasteiger partial charge in [0.1, 0.15) is 0 Å². The van der Waals surface area contributed by atoms with E-state index >= 15 is 0 Å². The van der Waals surface area contributed by atoms with E-state index < -0.39 is 0 Å². The number of benzene rings is 1. The number of thiophene rings is 1. The summed E-state index contributed by atoms with van der Waals surface area (Å²) in [5.41, 5.74) is 2.24. The van der Waals surface area contributed by atoms with Crippen molar-refractivity contribution in [1.82, 2.24) is 10.3 Å². The van der Waals surface area contributed by atoms with E-state index in [1.165, 1.54) is 11.3 Å². The van der Waals surface area contributed by atoms with Crippen LogP contribution in [-0.4, -0.2) is 23.3 Å². The Bertz CT molecular complexity index is 846. The Morgan fingerprint density at radius 2 is 2.04 bits per heavy atom. The predicted molar refractivity (Wildman–Crippen MR) is 96.3 cm³/mol. The number of rotatable bonds is 6. The Kier molecular flexibility index (Phi) is 5.18. The minimum atomic E-state index is -0.101. The molecule has 2 N–H and O–H groups in total. The van der Waals surface area contributed by atoms with Gasteiger partial charge in [0.05, 0.1) is 17.4 Å². The van der Waals surface area contributed by atoms with Crippen molar-refractivity contribution in [2.45, 2.75) is 12.8 Å². The number of para-hydroxylation sites is 1. The monoisotopic (exact) mass is 339 g/mol.